The first kappa shape index (κ1) is 9.67. The number of fused-ring (bicyclic) bond motifs is 1. The van der Waals surface area contributed by atoms with Gasteiger partial charge >= 0.3 is 0 Å². The van der Waals surface area contributed by atoms with Crippen molar-refractivity contribution in [3.8, 4) is 0 Å². The first-order valence-corrected chi connectivity index (χ1v) is 4.99. The molecule has 0 spiro atoms. The number of benzene rings is 1. The van der Waals surface area contributed by atoms with Gasteiger partial charge in [0.2, 0.25) is 6.54 Å². The summed E-state index contributed by atoms with van der Waals surface area (Å²) in [7, 11) is 0. The molecule has 0 radical (unpaired) electrons. The minimum atomic E-state index is 0.560. The molecule has 0 aliphatic heterocycles. The lowest BCUT2D eigenvalue weighted by Crippen LogP contribution is -1.89. The van der Waals surface area contributed by atoms with Crippen LogP contribution < -0.4 is 0 Å². The number of hydrogen-bond donors (Lipinski definition) is 0. The summed E-state index contributed by atoms with van der Waals surface area (Å²) in [4.78, 5) is 7.80. The summed E-state index contributed by atoms with van der Waals surface area (Å²) in [5, 5.41) is 1.16. The molecule has 0 bridgehead atoms. The molecule has 0 amide bonds. The van der Waals surface area contributed by atoms with E-state index < -0.39 is 0 Å². The maximum atomic E-state index is 6.76. The van der Waals surface area contributed by atoms with Crippen molar-refractivity contribution in [1.82, 2.24) is 4.98 Å². The molecule has 2 nitrogen and oxygen atoms in total. The molecule has 1 aromatic heterocycles. The Morgan fingerprint density at radius 2 is 2.13 bits per heavy atom. The Morgan fingerprint density at radius 1 is 1.27 bits per heavy atom. The number of aromatic nitrogens is 1. The first-order chi connectivity index (χ1) is 7.29. The van der Waals surface area contributed by atoms with Crippen LogP contribution in [0, 0.1) is 13.5 Å². The minimum absolute atomic E-state index is 0.560. The lowest BCUT2D eigenvalue weighted by molar-refractivity contribution is 1.08. The van der Waals surface area contributed by atoms with E-state index in [1.165, 1.54) is 5.56 Å². The maximum absolute atomic E-state index is 6.76. The molecular formula is C13H12N2. The highest BCUT2D eigenvalue weighted by Crippen LogP contribution is 2.15. The van der Waals surface area contributed by atoms with Gasteiger partial charge in [-0.25, -0.2) is 6.57 Å². The minimum Gasteiger partial charge on any atom is -0.317 e. The van der Waals surface area contributed by atoms with Gasteiger partial charge in [0, 0.05) is 17.5 Å². The Labute approximate surface area is 89.4 Å². The van der Waals surface area contributed by atoms with Gasteiger partial charge in [0.25, 0.3) is 0 Å². The van der Waals surface area contributed by atoms with E-state index in [0.29, 0.717) is 6.54 Å². The molecule has 0 aliphatic carbocycles. The van der Waals surface area contributed by atoms with Gasteiger partial charge in [-0.3, -0.25) is 4.98 Å². The monoisotopic (exact) mass is 196 g/mol. The number of hydrogen-bond acceptors (Lipinski definition) is 1. The van der Waals surface area contributed by atoms with E-state index >= 15 is 0 Å². The fraction of sp³-hybridized carbons (Fsp3) is 0.231. The smallest absolute Gasteiger partial charge is 0.218 e. The summed E-state index contributed by atoms with van der Waals surface area (Å²) < 4.78 is 0. The predicted molar refractivity (Wildman–Crippen MR) is 61.7 cm³/mol. The zero-order valence-electron chi connectivity index (χ0n) is 8.70. The molecule has 2 aromatic rings. The quantitative estimate of drug-likeness (QED) is 0.675. The summed E-state index contributed by atoms with van der Waals surface area (Å²) in [5.74, 6) is 0. The highest BCUT2D eigenvalue weighted by atomic mass is 14.7. The molecule has 2 heteroatoms. The Balaban J connectivity index is 2.40. The molecule has 0 unspecified atom stereocenters. The van der Waals surface area contributed by atoms with Crippen LogP contribution in [-0.4, -0.2) is 11.5 Å². The van der Waals surface area contributed by atoms with Crippen LogP contribution in [0.25, 0.3) is 15.7 Å². The highest BCUT2D eigenvalue weighted by molar-refractivity contribution is 5.79. The summed E-state index contributed by atoms with van der Waals surface area (Å²) in [6.45, 7) is 9.31. The Morgan fingerprint density at radius 3 is 2.93 bits per heavy atom. The van der Waals surface area contributed by atoms with E-state index in [-0.39, 0.29) is 0 Å². The molecule has 1 heterocycles. The fourth-order valence-corrected chi connectivity index (χ4v) is 1.62. The van der Waals surface area contributed by atoms with Crippen LogP contribution >= 0.6 is 0 Å². The number of nitrogens with zero attached hydrogens (tertiary/aromatic N) is 2. The normalized spacial score (nSPS) is 10.1. The summed E-state index contributed by atoms with van der Waals surface area (Å²) in [6, 6.07) is 10.3. The zero-order chi connectivity index (χ0) is 10.7. The third-order valence-electron chi connectivity index (χ3n) is 2.41. The molecule has 1 aromatic carbocycles. The van der Waals surface area contributed by atoms with E-state index in [9.17, 15) is 0 Å². The van der Waals surface area contributed by atoms with Crippen molar-refractivity contribution in [2.45, 2.75) is 13.3 Å². The highest BCUT2D eigenvalue weighted by Gasteiger charge is 1.99. The van der Waals surface area contributed by atoms with Crippen molar-refractivity contribution in [2.24, 2.45) is 0 Å². The standard InChI is InChI=1S/C13H12N2/c1-10-3-5-12-9-11(7-8-14-2)4-6-13(12)15-10/h3-6,9H,7-8H2,1H3. The molecular weight excluding hydrogens is 184 g/mol. The van der Waals surface area contributed by atoms with Crippen LogP contribution in [0.5, 0.6) is 0 Å². The average molecular weight is 196 g/mol. The van der Waals surface area contributed by atoms with Gasteiger partial charge in [-0.05, 0) is 30.7 Å². The van der Waals surface area contributed by atoms with E-state index in [0.717, 1.165) is 23.0 Å². The van der Waals surface area contributed by atoms with E-state index in [1.807, 2.05) is 19.1 Å². The molecule has 0 saturated carbocycles. The van der Waals surface area contributed by atoms with Gasteiger partial charge in [0.15, 0.2) is 0 Å². The van der Waals surface area contributed by atoms with Crippen LogP contribution in [0.15, 0.2) is 30.3 Å². The maximum Gasteiger partial charge on any atom is 0.218 e. The Hall–Kier alpha value is -1.88. The van der Waals surface area contributed by atoms with Gasteiger partial charge in [-0.15, -0.1) is 0 Å². The van der Waals surface area contributed by atoms with E-state index in [2.05, 4.69) is 28.0 Å². The molecule has 0 aliphatic rings. The first-order valence-electron chi connectivity index (χ1n) is 4.99. The summed E-state index contributed by atoms with van der Waals surface area (Å²) >= 11 is 0. The van der Waals surface area contributed by atoms with Crippen LogP contribution in [0.3, 0.4) is 0 Å². The molecule has 0 fully saturated rings. The Kier molecular flexibility index (Phi) is 2.64. The lowest BCUT2D eigenvalue weighted by atomic mass is 10.1. The van der Waals surface area contributed by atoms with Crippen molar-refractivity contribution in [2.75, 3.05) is 6.54 Å². The molecule has 0 saturated heterocycles. The molecule has 0 N–H and O–H groups in total. The van der Waals surface area contributed by atoms with Crippen LogP contribution in [0.1, 0.15) is 11.3 Å². The van der Waals surface area contributed by atoms with Gasteiger partial charge in [0.05, 0.1) is 5.52 Å². The van der Waals surface area contributed by atoms with Gasteiger partial charge in [-0.1, -0.05) is 12.1 Å². The molecule has 2 rings (SSSR count). The van der Waals surface area contributed by atoms with Gasteiger partial charge in [-0.2, -0.15) is 0 Å². The third kappa shape index (κ3) is 2.13. The second kappa shape index (κ2) is 4.10. The SMILES string of the molecule is [C-]#[N+]CCc1ccc2nc(C)ccc2c1. The van der Waals surface area contributed by atoms with Crippen LogP contribution in [0.2, 0.25) is 0 Å². The van der Waals surface area contributed by atoms with Crippen molar-refractivity contribution in [3.05, 3.63) is 53.0 Å². The summed E-state index contributed by atoms with van der Waals surface area (Å²) in [6.07, 6.45) is 0.827. The number of rotatable bonds is 2. The van der Waals surface area contributed by atoms with Gasteiger partial charge < -0.3 is 4.85 Å². The fourth-order valence-electron chi connectivity index (χ4n) is 1.62. The Bertz CT molecular complexity index is 524. The van der Waals surface area contributed by atoms with Crippen LogP contribution in [-0.2, 0) is 6.42 Å². The van der Waals surface area contributed by atoms with Crippen molar-refractivity contribution in [3.63, 3.8) is 0 Å². The predicted octanol–water partition coefficient (Wildman–Crippen LogP) is 3.01. The largest absolute Gasteiger partial charge is 0.317 e. The summed E-state index contributed by atoms with van der Waals surface area (Å²) in [5.41, 5.74) is 3.28. The molecule has 74 valence electrons. The van der Waals surface area contributed by atoms with Crippen LogP contribution in [0.4, 0.5) is 0 Å². The third-order valence-corrected chi connectivity index (χ3v) is 2.41. The van der Waals surface area contributed by atoms with Crippen molar-refractivity contribution in [1.29, 1.82) is 0 Å². The topological polar surface area (TPSA) is 17.2 Å². The van der Waals surface area contributed by atoms with E-state index in [1.54, 1.807) is 0 Å². The lowest BCUT2D eigenvalue weighted by Gasteiger charge is -2.01. The second-order valence-corrected chi connectivity index (χ2v) is 3.61. The van der Waals surface area contributed by atoms with Crippen molar-refractivity contribution >= 4 is 10.9 Å². The average Bonchev–Trinajstić information content (AvgIpc) is 2.26. The number of aryl methyl sites for hydroxylation is 1. The van der Waals surface area contributed by atoms with Gasteiger partial charge in [0.1, 0.15) is 0 Å². The van der Waals surface area contributed by atoms with Crippen molar-refractivity contribution < 1.29 is 0 Å². The zero-order valence-corrected chi connectivity index (χ0v) is 8.70. The van der Waals surface area contributed by atoms with E-state index in [4.69, 9.17) is 6.57 Å². The molecule has 0 atom stereocenters. The molecule has 15 heavy (non-hydrogen) atoms. The number of pyridine rings is 1. The second-order valence-electron chi connectivity index (χ2n) is 3.61.